The SMILES string of the molecule is CC(C)C(=O)Nc1nc2c(nnn2[C@@]2(OC(=O)c3ccccc3)CO[C@H](COC(=O)c3ccccc3)[C@H]2F)c(=O)[nH]1. The Bertz CT molecular complexity index is 1640. The first kappa shape index (κ1) is 27.6. The van der Waals surface area contributed by atoms with Crippen LogP contribution in [0.5, 0.6) is 0 Å². The number of H-pyrrole nitrogens is 1. The molecule has 1 amide bonds. The van der Waals surface area contributed by atoms with Crippen molar-refractivity contribution in [1.29, 1.82) is 0 Å². The van der Waals surface area contributed by atoms with Crippen LogP contribution in [0, 0.1) is 5.92 Å². The van der Waals surface area contributed by atoms with Crippen molar-refractivity contribution in [2.45, 2.75) is 31.8 Å². The number of esters is 2. The van der Waals surface area contributed by atoms with E-state index in [0.717, 1.165) is 4.68 Å². The molecule has 0 aliphatic carbocycles. The van der Waals surface area contributed by atoms with Crippen molar-refractivity contribution in [3.63, 3.8) is 0 Å². The Balaban J connectivity index is 1.51. The number of carbonyl (C=O) groups is 3. The molecule has 2 aromatic carbocycles. The van der Waals surface area contributed by atoms with Gasteiger partial charge in [0.2, 0.25) is 11.9 Å². The number of ether oxygens (including phenoxy) is 3. The standard InChI is InChI=1S/C27H25FN6O7/c1-15(2)22(35)30-26-29-21-19(23(36)31-26)32-33-34(21)27(41-25(38)17-11-7-4-8-12-17)14-40-18(20(27)28)13-39-24(37)16-9-5-3-6-10-16/h3-12,15,18,20H,13-14H2,1-2H3,(H2,29,30,31,35,36)/t18-,20-,27-/m1/s1. The molecule has 14 heteroatoms. The Kier molecular flexibility index (Phi) is 7.57. The van der Waals surface area contributed by atoms with Crippen molar-refractivity contribution in [3.8, 4) is 0 Å². The smallest absolute Gasteiger partial charge is 0.340 e. The van der Waals surface area contributed by atoms with Crippen LogP contribution < -0.4 is 10.9 Å². The Morgan fingerprint density at radius 2 is 1.73 bits per heavy atom. The van der Waals surface area contributed by atoms with Gasteiger partial charge >= 0.3 is 11.9 Å². The predicted molar refractivity (Wildman–Crippen MR) is 141 cm³/mol. The van der Waals surface area contributed by atoms with Crippen LogP contribution in [0.3, 0.4) is 0 Å². The normalized spacial score (nSPS) is 20.2. The van der Waals surface area contributed by atoms with Gasteiger partial charge in [-0.25, -0.2) is 14.0 Å². The van der Waals surface area contributed by atoms with E-state index >= 15 is 4.39 Å². The van der Waals surface area contributed by atoms with Crippen LogP contribution in [0.4, 0.5) is 10.3 Å². The van der Waals surface area contributed by atoms with Crippen LogP contribution in [-0.4, -0.2) is 68.3 Å². The highest BCUT2D eigenvalue weighted by molar-refractivity contribution is 5.91. The number of hydrogen-bond donors (Lipinski definition) is 2. The van der Waals surface area contributed by atoms with Crippen LogP contribution in [0.25, 0.3) is 11.2 Å². The molecular weight excluding hydrogens is 539 g/mol. The number of halogens is 1. The number of anilines is 1. The number of aromatic nitrogens is 5. The third-order valence-electron chi connectivity index (χ3n) is 6.36. The van der Waals surface area contributed by atoms with Crippen LogP contribution in [0.2, 0.25) is 0 Å². The molecule has 1 saturated heterocycles. The monoisotopic (exact) mass is 564 g/mol. The van der Waals surface area contributed by atoms with Crippen LogP contribution in [0.1, 0.15) is 34.6 Å². The van der Waals surface area contributed by atoms with E-state index in [9.17, 15) is 19.2 Å². The van der Waals surface area contributed by atoms with Gasteiger partial charge in [0.15, 0.2) is 17.3 Å². The van der Waals surface area contributed by atoms with Gasteiger partial charge in [-0.15, -0.1) is 5.10 Å². The first-order valence-corrected chi connectivity index (χ1v) is 12.6. The Hall–Kier alpha value is -4.98. The number of fused-ring (bicyclic) bond motifs is 1. The maximum Gasteiger partial charge on any atom is 0.340 e. The molecule has 5 rings (SSSR count). The lowest BCUT2D eigenvalue weighted by atomic mass is 10.1. The van der Waals surface area contributed by atoms with E-state index in [-0.39, 0.29) is 28.2 Å². The molecule has 212 valence electrons. The third kappa shape index (κ3) is 5.41. The summed E-state index contributed by atoms with van der Waals surface area (Å²) in [5.74, 6) is -2.73. The second kappa shape index (κ2) is 11.3. The average molecular weight is 565 g/mol. The summed E-state index contributed by atoms with van der Waals surface area (Å²) in [4.78, 5) is 57.2. The molecule has 1 aliphatic heterocycles. The van der Waals surface area contributed by atoms with Crippen molar-refractivity contribution < 1.29 is 33.0 Å². The van der Waals surface area contributed by atoms with Crippen LogP contribution in [-0.2, 0) is 24.7 Å². The van der Waals surface area contributed by atoms with E-state index in [4.69, 9.17) is 14.2 Å². The molecule has 1 aliphatic rings. The summed E-state index contributed by atoms with van der Waals surface area (Å²) in [5, 5.41) is 10.2. The number of nitrogens with one attached hydrogen (secondary N) is 2. The number of nitrogens with zero attached hydrogens (tertiary/aromatic N) is 4. The maximum atomic E-state index is 16.4. The first-order chi connectivity index (χ1) is 19.7. The molecule has 0 saturated carbocycles. The number of amides is 1. The molecular formula is C27H25FN6O7. The first-order valence-electron chi connectivity index (χ1n) is 12.6. The summed E-state index contributed by atoms with van der Waals surface area (Å²) < 4.78 is 33.8. The fraction of sp³-hybridized carbons (Fsp3) is 0.296. The second-order valence-electron chi connectivity index (χ2n) is 9.55. The zero-order valence-corrected chi connectivity index (χ0v) is 21.9. The minimum atomic E-state index is -2.30. The molecule has 2 N–H and O–H groups in total. The summed E-state index contributed by atoms with van der Waals surface area (Å²) in [6, 6.07) is 15.9. The van der Waals surface area contributed by atoms with E-state index in [0.29, 0.717) is 0 Å². The number of alkyl halides is 1. The lowest BCUT2D eigenvalue weighted by molar-refractivity contribution is -0.118. The fourth-order valence-corrected chi connectivity index (χ4v) is 4.13. The minimum Gasteiger partial charge on any atom is -0.459 e. The molecule has 13 nitrogen and oxygen atoms in total. The van der Waals surface area contributed by atoms with E-state index in [1.807, 2.05) is 0 Å². The molecule has 3 heterocycles. The van der Waals surface area contributed by atoms with E-state index in [1.54, 1.807) is 50.2 Å². The number of hydrogen-bond acceptors (Lipinski definition) is 10. The van der Waals surface area contributed by atoms with Crippen molar-refractivity contribution >= 4 is 35.0 Å². The summed E-state index contributed by atoms with van der Waals surface area (Å²) in [6.45, 7) is 2.19. The van der Waals surface area contributed by atoms with Crippen molar-refractivity contribution in [2.24, 2.45) is 5.92 Å². The summed E-state index contributed by atoms with van der Waals surface area (Å²) in [5.41, 5.74) is -3.28. The van der Waals surface area contributed by atoms with Crippen LogP contribution in [0.15, 0.2) is 65.5 Å². The topological polar surface area (TPSA) is 167 Å². The molecule has 4 aromatic rings. The summed E-state index contributed by atoms with van der Waals surface area (Å²) >= 11 is 0. The quantitative estimate of drug-likeness (QED) is 0.303. The maximum absolute atomic E-state index is 16.4. The van der Waals surface area contributed by atoms with Gasteiger partial charge in [0.25, 0.3) is 11.3 Å². The molecule has 0 bridgehead atoms. The number of aromatic amines is 1. The minimum absolute atomic E-state index is 0.109. The third-order valence-corrected chi connectivity index (χ3v) is 6.36. The highest BCUT2D eigenvalue weighted by Gasteiger charge is 2.58. The molecule has 1 fully saturated rings. The number of carbonyl (C=O) groups excluding carboxylic acids is 3. The lowest BCUT2D eigenvalue weighted by Crippen LogP contribution is -2.49. The van der Waals surface area contributed by atoms with Gasteiger partial charge in [0.05, 0.1) is 11.1 Å². The van der Waals surface area contributed by atoms with Crippen molar-refractivity contribution in [2.75, 3.05) is 18.5 Å². The van der Waals surface area contributed by atoms with Gasteiger partial charge in [-0.3, -0.25) is 19.9 Å². The van der Waals surface area contributed by atoms with E-state index in [2.05, 4.69) is 25.6 Å². The van der Waals surface area contributed by atoms with Crippen molar-refractivity contribution in [1.82, 2.24) is 25.0 Å². The van der Waals surface area contributed by atoms with Gasteiger partial charge in [-0.1, -0.05) is 55.5 Å². The lowest BCUT2D eigenvalue weighted by Gasteiger charge is -2.30. The molecule has 2 aromatic heterocycles. The summed E-state index contributed by atoms with van der Waals surface area (Å²) in [6.07, 6.45) is -3.54. The average Bonchev–Trinajstić information content (AvgIpc) is 3.54. The number of benzene rings is 2. The van der Waals surface area contributed by atoms with Crippen molar-refractivity contribution in [3.05, 3.63) is 82.1 Å². The molecule has 3 atom stereocenters. The fourth-order valence-electron chi connectivity index (χ4n) is 4.13. The van der Waals surface area contributed by atoms with Gasteiger partial charge in [-0.05, 0) is 24.3 Å². The van der Waals surface area contributed by atoms with E-state index in [1.165, 1.54) is 24.3 Å². The zero-order chi connectivity index (χ0) is 29.1. The van der Waals surface area contributed by atoms with E-state index < -0.39 is 60.5 Å². The Morgan fingerprint density at radius 3 is 2.37 bits per heavy atom. The molecule has 0 radical (unpaired) electrons. The van der Waals surface area contributed by atoms with Crippen LogP contribution >= 0.6 is 0 Å². The predicted octanol–water partition coefficient (Wildman–Crippen LogP) is 2.21. The van der Waals surface area contributed by atoms with Gasteiger partial charge < -0.3 is 14.2 Å². The molecule has 0 unspecified atom stereocenters. The second-order valence-corrected chi connectivity index (χ2v) is 9.55. The van der Waals surface area contributed by atoms with Gasteiger partial charge in [0.1, 0.15) is 19.3 Å². The Morgan fingerprint density at radius 1 is 1.10 bits per heavy atom. The van der Waals surface area contributed by atoms with Gasteiger partial charge in [-0.2, -0.15) is 9.67 Å². The Labute approximate surface area is 231 Å². The van der Waals surface area contributed by atoms with Gasteiger partial charge in [0, 0.05) is 5.92 Å². The highest BCUT2D eigenvalue weighted by Crippen LogP contribution is 2.38. The zero-order valence-electron chi connectivity index (χ0n) is 21.9. The summed E-state index contributed by atoms with van der Waals surface area (Å²) in [7, 11) is 0. The highest BCUT2D eigenvalue weighted by atomic mass is 19.1. The number of rotatable bonds is 8. The molecule has 41 heavy (non-hydrogen) atoms. The molecule has 0 spiro atoms. The largest absolute Gasteiger partial charge is 0.459 e.